The van der Waals surface area contributed by atoms with Crippen LogP contribution in [-0.4, -0.2) is 11.8 Å². The van der Waals surface area contributed by atoms with Gasteiger partial charge in [-0.1, -0.05) is 89.6 Å². The summed E-state index contributed by atoms with van der Waals surface area (Å²) in [6.07, 6.45) is 4.28. The topological polar surface area (TPSA) is 37.4 Å². The lowest BCUT2D eigenvalue weighted by Gasteiger charge is -2.32. The first-order valence-electron chi connectivity index (χ1n) is 12.4. The van der Waals surface area contributed by atoms with Crippen molar-refractivity contribution in [2.75, 3.05) is 4.90 Å². The number of amides is 2. The van der Waals surface area contributed by atoms with Gasteiger partial charge in [-0.3, -0.25) is 9.59 Å². The number of para-hydroxylation sites is 1. The summed E-state index contributed by atoms with van der Waals surface area (Å²) in [5.41, 5.74) is 4.77. The maximum absolute atomic E-state index is 13.9. The van der Waals surface area contributed by atoms with Crippen LogP contribution in [0.1, 0.15) is 110 Å². The number of hydrogen-bond acceptors (Lipinski definition) is 2. The Morgan fingerprint density at radius 3 is 2.03 bits per heavy atom. The SMILES string of the molecule is CCCCCC#Cc1ccc2c3c(cccc13)C(=O)N(c1c(C(C)C)cccc1C(C)C)C2=O. The van der Waals surface area contributed by atoms with E-state index in [1.54, 1.807) is 0 Å². The molecule has 0 N–H and O–H groups in total. The maximum atomic E-state index is 13.9. The van der Waals surface area contributed by atoms with Crippen molar-refractivity contribution in [2.45, 2.75) is 72.1 Å². The Kier molecular flexibility index (Phi) is 6.89. The molecule has 1 heterocycles. The van der Waals surface area contributed by atoms with E-state index < -0.39 is 0 Å². The number of benzene rings is 3. The van der Waals surface area contributed by atoms with E-state index in [1.807, 2.05) is 48.5 Å². The van der Waals surface area contributed by atoms with Crippen LogP contribution >= 0.6 is 0 Å². The van der Waals surface area contributed by atoms with Gasteiger partial charge in [-0.15, -0.1) is 0 Å². The highest BCUT2D eigenvalue weighted by atomic mass is 16.2. The molecule has 0 fully saturated rings. The second-order valence-corrected chi connectivity index (χ2v) is 9.69. The van der Waals surface area contributed by atoms with E-state index >= 15 is 0 Å². The Labute approximate surface area is 203 Å². The van der Waals surface area contributed by atoms with E-state index in [9.17, 15) is 9.59 Å². The van der Waals surface area contributed by atoms with E-state index in [0.717, 1.165) is 46.0 Å². The highest BCUT2D eigenvalue weighted by Gasteiger charge is 2.37. The van der Waals surface area contributed by atoms with Crippen molar-refractivity contribution in [1.29, 1.82) is 0 Å². The standard InChI is InChI=1S/C31H33NO2/c1-6-7-8-9-10-13-22-18-19-27-28-25(22)16-12-17-26(28)30(33)32(31(27)34)29-23(20(2)3)14-11-15-24(29)21(4)5/h11-12,14-21H,6-9H2,1-5H3. The highest BCUT2D eigenvalue weighted by Crippen LogP contribution is 2.40. The number of hydrogen-bond donors (Lipinski definition) is 0. The minimum atomic E-state index is -0.258. The molecular formula is C31H33NO2. The molecule has 3 nitrogen and oxygen atoms in total. The minimum absolute atomic E-state index is 0.178. The molecule has 0 saturated heterocycles. The Morgan fingerprint density at radius 2 is 1.41 bits per heavy atom. The summed E-state index contributed by atoms with van der Waals surface area (Å²) >= 11 is 0. The van der Waals surface area contributed by atoms with Crippen LogP contribution < -0.4 is 4.90 Å². The molecule has 34 heavy (non-hydrogen) atoms. The van der Waals surface area contributed by atoms with Gasteiger partial charge >= 0.3 is 0 Å². The van der Waals surface area contributed by atoms with Crippen LogP contribution in [0.15, 0.2) is 48.5 Å². The Morgan fingerprint density at radius 1 is 0.794 bits per heavy atom. The Hall–Kier alpha value is -3.38. The largest absolute Gasteiger partial charge is 0.268 e. The second kappa shape index (κ2) is 9.85. The summed E-state index contributed by atoms with van der Waals surface area (Å²) in [6.45, 7) is 10.6. The number of rotatable bonds is 6. The summed E-state index contributed by atoms with van der Waals surface area (Å²) in [6, 6.07) is 15.5. The van der Waals surface area contributed by atoms with Crippen molar-refractivity contribution in [3.8, 4) is 11.8 Å². The zero-order chi connectivity index (χ0) is 24.4. The number of carbonyl (C=O) groups is 2. The number of carbonyl (C=O) groups excluding carboxylic acids is 2. The summed E-state index contributed by atoms with van der Waals surface area (Å²) in [7, 11) is 0. The first kappa shape index (κ1) is 23.8. The number of imide groups is 1. The molecular weight excluding hydrogens is 418 g/mol. The Bertz CT molecular complexity index is 1270. The molecule has 3 aromatic rings. The lowest BCUT2D eigenvalue weighted by atomic mass is 9.87. The van der Waals surface area contributed by atoms with Gasteiger partial charge in [0.15, 0.2) is 0 Å². The summed E-state index contributed by atoms with van der Waals surface area (Å²) < 4.78 is 0. The smallest absolute Gasteiger partial charge is 0.266 e. The molecule has 2 amide bonds. The lowest BCUT2D eigenvalue weighted by molar-refractivity contribution is 0.0893. The van der Waals surface area contributed by atoms with E-state index in [2.05, 4.69) is 46.5 Å². The number of unbranched alkanes of at least 4 members (excludes halogenated alkanes) is 3. The van der Waals surface area contributed by atoms with Crippen molar-refractivity contribution in [2.24, 2.45) is 0 Å². The molecule has 0 unspecified atom stereocenters. The molecule has 3 aromatic carbocycles. The fourth-order valence-electron chi connectivity index (χ4n) is 4.80. The van der Waals surface area contributed by atoms with Crippen molar-refractivity contribution in [3.63, 3.8) is 0 Å². The molecule has 3 heteroatoms. The van der Waals surface area contributed by atoms with Gasteiger partial charge in [-0.2, -0.15) is 0 Å². The molecule has 4 rings (SSSR count). The van der Waals surface area contributed by atoms with Gasteiger partial charge in [0.25, 0.3) is 11.8 Å². The maximum Gasteiger partial charge on any atom is 0.266 e. The molecule has 1 aliphatic rings. The fourth-order valence-corrected chi connectivity index (χ4v) is 4.80. The van der Waals surface area contributed by atoms with E-state index in [0.29, 0.717) is 11.1 Å². The number of nitrogens with zero attached hydrogens (tertiary/aromatic N) is 1. The summed E-state index contributed by atoms with van der Waals surface area (Å²) in [4.78, 5) is 29.2. The van der Waals surface area contributed by atoms with Crippen molar-refractivity contribution in [3.05, 3.63) is 76.3 Å². The summed E-state index contributed by atoms with van der Waals surface area (Å²) in [5.74, 6) is 6.39. The average molecular weight is 452 g/mol. The molecule has 174 valence electrons. The van der Waals surface area contributed by atoms with Gasteiger partial charge in [-0.25, -0.2) is 4.90 Å². The number of anilines is 1. The average Bonchev–Trinajstić information content (AvgIpc) is 2.82. The zero-order valence-corrected chi connectivity index (χ0v) is 20.9. The van der Waals surface area contributed by atoms with Gasteiger partial charge < -0.3 is 0 Å². The third kappa shape index (κ3) is 4.14. The van der Waals surface area contributed by atoms with Gasteiger partial charge in [0, 0.05) is 28.5 Å². The Balaban J connectivity index is 1.87. The molecule has 0 atom stereocenters. The van der Waals surface area contributed by atoms with Gasteiger partial charge in [0.05, 0.1) is 5.69 Å². The van der Waals surface area contributed by atoms with Crippen LogP contribution in [0.5, 0.6) is 0 Å². The van der Waals surface area contributed by atoms with E-state index in [1.165, 1.54) is 17.7 Å². The van der Waals surface area contributed by atoms with E-state index in [-0.39, 0.29) is 23.7 Å². The molecule has 1 aliphatic heterocycles. The third-order valence-electron chi connectivity index (χ3n) is 6.60. The minimum Gasteiger partial charge on any atom is -0.268 e. The first-order chi connectivity index (χ1) is 16.4. The van der Waals surface area contributed by atoms with Crippen LogP contribution in [0.4, 0.5) is 5.69 Å². The van der Waals surface area contributed by atoms with Gasteiger partial charge in [0.2, 0.25) is 0 Å². The fraction of sp³-hybridized carbons (Fsp3) is 0.355. The van der Waals surface area contributed by atoms with Crippen LogP contribution in [0.3, 0.4) is 0 Å². The molecule has 0 bridgehead atoms. The van der Waals surface area contributed by atoms with Gasteiger partial charge in [-0.05, 0) is 53.0 Å². The summed E-state index contributed by atoms with van der Waals surface area (Å²) in [5, 5.41) is 1.60. The van der Waals surface area contributed by atoms with Crippen LogP contribution in [0, 0.1) is 11.8 Å². The lowest BCUT2D eigenvalue weighted by Crippen LogP contribution is -2.41. The molecule has 0 radical (unpaired) electrons. The van der Waals surface area contributed by atoms with E-state index in [4.69, 9.17) is 0 Å². The van der Waals surface area contributed by atoms with Gasteiger partial charge in [0.1, 0.15) is 0 Å². The van der Waals surface area contributed by atoms with Crippen molar-refractivity contribution >= 4 is 28.3 Å². The predicted octanol–water partition coefficient (Wildman–Crippen LogP) is 7.82. The van der Waals surface area contributed by atoms with Crippen LogP contribution in [0.2, 0.25) is 0 Å². The molecule has 0 aromatic heterocycles. The first-order valence-corrected chi connectivity index (χ1v) is 12.4. The monoisotopic (exact) mass is 451 g/mol. The quantitative estimate of drug-likeness (QED) is 0.218. The van der Waals surface area contributed by atoms with Crippen LogP contribution in [0.25, 0.3) is 10.8 Å². The second-order valence-electron chi connectivity index (χ2n) is 9.69. The van der Waals surface area contributed by atoms with Crippen LogP contribution in [-0.2, 0) is 0 Å². The molecule has 0 saturated carbocycles. The highest BCUT2D eigenvalue weighted by molar-refractivity contribution is 6.36. The predicted molar refractivity (Wildman–Crippen MR) is 141 cm³/mol. The molecule has 0 aliphatic carbocycles. The van der Waals surface area contributed by atoms with Crippen molar-refractivity contribution < 1.29 is 9.59 Å². The van der Waals surface area contributed by atoms with Crippen molar-refractivity contribution in [1.82, 2.24) is 0 Å². The zero-order valence-electron chi connectivity index (χ0n) is 20.9. The third-order valence-corrected chi connectivity index (χ3v) is 6.60. The normalized spacial score (nSPS) is 13.1. The molecule has 0 spiro atoms.